The van der Waals surface area contributed by atoms with Gasteiger partial charge >= 0.3 is 0 Å². The van der Waals surface area contributed by atoms with Gasteiger partial charge in [-0.05, 0) is 61.3 Å². The average Bonchev–Trinajstić information content (AvgIpc) is 3.02. The highest BCUT2D eigenvalue weighted by molar-refractivity contribution is 5.96. The fourth-order valence-corrected chi connectivity index (χ4v) is 6.18. The number of halogens is 1. The topological polar surface area (TPSA) is 61.4 Å². The van der Waals surface area contributed by atoms with E-state index < -0.39 is 5.54 Å². The molecule has 31 heavy (non-hydrogen) atoms. The van der Waals surface area contributed by atoms with Gasteiger partial charge in [-0.2, -0.15) is 0 Å². The van der Waals surface area contributed by atoms with Gasteiger partial charge in [0.15, 0.2) is 0 Å². The van der Waals surface area contributed by atoms with E-state index in [1.165, 1.54) is 12.1 Å². The number of rotatable bonds is 8. The predicted octanol–water partition coefficient (Wildman–Crippen LogP) is 3.34. The second-order valence-electron chi connectivity index (χ2n) is 10.7. The maximum absolute atomic E-state index is 13.6. The maximum atomic E-state index is 13.6. The van der Waals surface area contributed by atoms with Crippen molar-refractivity contribution in [2.45, 2.75) is 65.1 Å². The van der Waals surface area contributed by atoms with Gasteiger partial charge in [-0.1, -0.05) is 39.8 Å². The Morgan fingerprint density at radius 1 is 1.23 bits per heavy atom. The third-order valence-corrected chi connectivity index (χ3v) is 7.54. The van der Waals surface area contributed by atoms with Crippen molar-refractivity contribution in [3.05, 3.63) is 35.6 Å². The van der Waals surface area contributed by atoms with Gasteiger partial charge in [0.05, 0.1) is 5.92 Å². The van der Waals surface area contributed by atoms with E-state index in [1.54, 1.807) is 12.1 Å². The van der Waals surface area contributed by atoms with Gasteiger partial charge in [0.2, 0.25) is 11.8 Å². The van der Waals surface area contributed by atoms with Crippen molar-refractivity contribution in [1.29, 1.82) is 0 Å². The summed E-state index contributed by atoms with van der Waals surface area (Å²) >= 11 is 0. The lowest BCUT2D eigenvalue weighted by Gasteiger charge is -2.55. The molecule has 5 unspecified atom stereocenters. The molecule has 5 rings (SSSR count). The molecule has 3 heterocycles. The Morgan fingerprint density at radius 3 is 2.58 bits per heavy atom. The Balaban J connectivity index is 1.59. The smallest absolute Gasteiger partial charge is 0.246 e. The van der Waals surface area contributed by atoms with Crippen LogP contribution in [-0.4, -0.2) is 41.4 Å². The summed E-state index contributed by atoms with van der Waals surface area (Å²) in [5, 5.41) is 6.25. The SMILES string of the molecule is CC(C)CCN1CC2CC3(C(=O)NCc4ccc(F)cc4)NC(=O)C2C1C3CC(C)C. The quantitative estimate of drug-likeness (QED) is 0.666. The van der Waals surface area contributed by atoms with E-state index in [4.69, 9.17) is 0 Å². The molecule has 1 aromatic carbocycles. The van der Waals surface area contributed by atoms with Gasteiger partial charge in [-0.3, -0.25) is 14.5 Å². The number of carbonyl (C=O) groups is 2. The molecule has 1 aromatic rings. The van der Waals surface area contributed by atoms with Crippen LogP contribution in [0.15, 0.2) is 24.3 Å². The standard InChI is InChI=1S/C25H36FN3O2/c1-15(2)9-10-29-14-18-12-25(24(31)27-13-17-5-7-19(26)8-6-17)20(11-16(3)4)22(29)21(18)23(30)28-25/h5-8,15-16,18,20-22H,9-14H2,1-4H3,(H,27,31)(H,28,30). The zero-order valence-electron chi connectivity index (χ0n) is 19.2. The Labute approximate surface area is 185 Å². The Kier molecular flexibility index (Phi) is 6.12. The molecule has 170 valence electrons. The van der Waals surface area contributed by atoms with Crippen LogP contribution in [0.25, 0.3) is 0 Å². The number of benzene rings is 1. The van der Waals surface area contributed by atoms with Crippen molar-refractivity contribution < 1.29 is 14.0 Å². The van der Waals surface area contributed by atoms with Gasteiger partial charge in [-0.25, -0.2) is 4.39 Å². The zero-order chi connectivity index (χ0) is 22.3. The first-order valence-electron chi connectivity index (χ1n) is 11.8. The van der Waals surface area contributed by atoms with E-state index in [-0.39, 0.29) is 41.4 Å². The third kappa shape index (κ3) is 4.11. The molecule has 4 bridgehead atoms. The average molecular weight is 430 g/mol. The van der Waals surface area contributed by atoms with Gasteiger partial charge in [-0.15, -0.1) is 0 Å². The van der Waals surface area contributed by atoms with Crippen LogP contribution >= 0.6 is 0 Å². The summed E-state index contributed by atoms with van der Waals surface area (Å²) in [6, 6.07) is 6.33. The number of nitrogens with one attached hydrogen (secondary N) is 2. The molecule has 1 saturated carbocycles. The number of hydrogen-bond acceptors (Lipinski definition) is 3. The first kappa shape index (κ1) is 22.3. The molecule has 2 amide bonds. The van der Waals surface area contributed by atoms with Crippen molar-refractivity contribution >= 4 is 11.8 Å². The molecule has 1 aliphatic carbocycles. The fourth-order valence-electron chi connectivity index (χ4n) is 6.18. The molecular formula is C25H36FN3O2. The molecule has 6 heteroatoms. The highest BCUT2D eigenvalue weighted by Crippen LogP contribution is 2.54. The Morgan fingerprint density at radius 2 is 1.94 bits per heavy atom. The number of hydrogen-bond donors (Lipinski definition) is 2. The molecule has 2 N–H and O–H groups in total. The lowest BCUT2D eigenvalue weighted by molar-refractivity contribution is -0.155. The molecule has 0 radical (unpaired) electrons. The molecule has 5 nitrogen and oxygen atoms in total. The summed E-state index contributed by atoms with van der Waals surface area (Å²) in [5.74, 6) is 1.07. The van der Waals surface area contributed by atoms with Crippen LogP contribution in [0.3, 0.4) is 0 Å². The van der Waals surface area contributed by atoms with Gasteiger partial charge < -0.3 is 10.6 Å². The number of nitrogens with zero attached hydrogens (tertiary/aromatic N) is 1. The molecule has 4 fully saturated rings. The van der Waals surface area contributed by atoms with Gasteiger partial charge in [0, 0.05) is 25.0 Å². The van der Waals surface area contributed by atoms with Crippen LogP contribution in [0.1, 0.15) is 52.5 Å². The minimum atomic E-state index is -0.849. The van der Waals surface area contributed by atoms with Crippen LogP contribution < -0.4 is 10.6 Å². The van der Waals surface area contributed by atoms with E-state index in [1.807, 2.05) is 0 Å². The zero-order valence-corrected chi connectivity index (χ0v) is 19.2. The lowest BCUT2D eigenvalue weighted by Crippen LogP contribution is -2.76. The normalized spacial score (nSPS) is 32.0. The molecule has 0 spiro atoms. The third-order valence-electron chi connectivity index (χ3n) is 7.54. The van der Waals surface area contributed by atoms with E-state index in [9.17, 15) is 14.0 Å². The molecule has 3 aliphatic heterocycles. The second kappa shape index (κ2) is 8.53. The van der Waals surface area contributed by atoms with Crippen LogP contribution in [0.4, 0.5) is 4.39 Å². The minimum absolute atomic E-state index is 0.00249. The summed E-state index contributed by atoms with van der Waals surface area (Å²) in [6.45, 7) is 11.1. The Bertz CT molecular complexity index is 825. The van der Waals surface area contributed by atoms with Gasteiger partial charge in [0.25, 0.3) is 0 Å². The van der Waals surface area contributed by atoms with Crippen molar-refractivity contribution in [2.75, 3.05) is 13.1 Å². The summed E-state index contributed by atoms with van der Waals surface area (Å²) in [5.41, 5.74) is 0.00169. The molecular weight excluding hydrogens is 393 g/mol. The monoisotopic (exact) mass is 429 g/mol. The lowest BCUT2D eigenvalue weighted by atomic mass is 9.57. The van der Waals surface area contributed by atoms with E-state index >= 15 is 0 Å². The largest absolute Gasteiger partial charge is 0.350 e. The summed E-state index contributed by atoms with van der Waals surface area (Å²) in [7, 11) is 0. The highest BCUT2D eigenvalue weighted by Gasteiger charge is 2.67. The van der Waals surface area contributed by atoms with Crippen molar-refractivity contribution in [3.8, 4) is 0 Å². The number of carbonyl (C=O) groups excluding carboxylic acids is 2. The summed E-state index contributed by atoms with van der Waals surface area (Å²) < 4.78 is 13.2. The maximum Gasteiger partial charge on any atom is 0.246 e. The second-order valence-corrected chi connectivity index (χ2v) is 10.7. The first-order valence-corrected chi connectivity index (χ1v) is 11.8. The van der Waals surface area contributed by atoms with Crippen LogP contribution in [0.2, 0.25) is 0 Å². The van der Waals surface area contributed by atoms with E-state index in [0.717, 1.165) is 31.5 Å². The predicted molar refractivity (Wildman–Crippen MR) is 118 cm³/mol. The minimum Gasteiger partial charge on any atom is -0.350 e. The number of fused-ring (bicyclic) bond motifs is 1. The van der Waals surface area contributed by atoms with Crippen LogP contribution in [-0.2, 0) is 16.1 Å². The van der Waals surface area contributed by atoms with E-state index in [2.05, 4.69) is 43.2 Å². The summed E-state index contributed by atoms with van der Waals surface area (Å²) in [6.07, 6.45) is 2.73. The first-order chi connectivity index (χ1) is 14.7. The van der Waals surface area contributed by atoms with Crippen molar-refractivity contribution in [3.63, 3.8) is 0 Å². The Hall–Kier alpha value is -1.95. The number of likely N-dealkylation sites (tertiary alicyclic amines) is 1. The number of amides is 2. The van der Waals surface area contributed by atoms with Crippen LogP contribution in [0.5, 0.6) is 0 Å². The van der Waals surface area contributed by atoms with Gasteiger partial charge in [0.1, 0.15) is 11.4 Å². The highest BCUT2D eigenvalue weighted by atomic mass is 19.1. The van der Waals surface area contributed by atoms with Crippen LogP contribution in [0, 0.1) is 35.4 Å². The summed E-state index contributed by atoms with van der Waals surface area (Å²) in [4.78, 5) is 29.2. The number of piperidine rings is 2. The van der Waals surface area contributed by atoms with E-state index in [0.29, 0.717) is 24.8 Å². The molecule has 5 atom stereocenters. The fraction of sp³-hybridized carbons (Fsp3) is 0.680. The molecule has 4 aliphatic rings. The van der Waals surface area contributed by atoms with Crippen molar-refractivity contribution in [2.24, 2.45) is 29.6 Å². The van der Waals surface area contributed by atoms with Crippen molar-refractivity contribution in [1.82, 2.24) is 15.5 Å². The molecule has 0 aromatic heterocycles. The molecule has 3 saturated heterocycles.